The lowest BCUT2D eigenvalue weighted by atomic mass is 10.5. The lowest BCUT2D eigenvalue weighted by Gasteiger charge is -2.39. The largest absolute Gasteiger partial charge is 0.314 e. The number of halogens is 7. The summed E-state index contributed by atoms with van der Waals surface area (Å²) in [5.74, 6) is -4.17. The Bertz CT molecular complexity index is 382. The molecule has 0 aliphatic carbocycles. The summed E-state index contributed by atoms with van der Waals surface area (Å²) in [6.45, 7) is 0. The first-order valence-electron chi connectivity index (χ1n) is 2.96. The highest BCUT2D eigenvalue weighted by atomic mass is 32.5. The van der Waals surface area contributed by atoms with Gasteiger partial charge in [0.15, 0.2) is 4.90 Å². The molecule has 0 radical (unpaired) electrons. The SMILES string of the molecule is Fc1ccc(S(F)(F)(F)(F)F)c(F)n1. The van der Waals surface area contributed by atoms with Gasteiger partial charge in [-0.2, -0.15) is 13.8 Å². The standard InChI is InChI=1S/C5H2F7NS/c6-4-2-1-3(5(7)13-4)14(8,9,10,11)12/h1-2H. The van der Waals surface area contributed by atoms with Crippen LogP contribution in [0.2, 0.25) is 0 Å². The van der Waals surface area contributed by atoms with Crippen molar-refractivity contribution in [1.82, 2.24) is 4.98 Å². The van der Waals surface area contributed by atoms with Crippen LogP contribution < -0.4 is 0 Å². The van der Waals surface area contributed by atoms with Crippen LogP contribution >= 0.6 is 10.2 Å². The fourth-order valence-electron chi connectivity index (χ4n) is 0.687. The number of nitrogens with zero attached hydrogens (tertiary/aromatic N) is 1. The molecule has 1 aromatic rings. The van der Waals surface area contributed by atoms with Crippen molar-refractivity contribution in [2.24, 2.45) is 0 Å². The number of hydrogen-bond donors (Lipinski definition) is 0. The third-order valence-electron chi connectivity index (χ3n) is 1.20. The van der Waals surface area contributed by atoms with Crippen LogP contribution in [0.5, 0.6) is 0 Å². The van der Waals surface area contributed by atoms with Crippen LogP contribution in [0.4, 0.5) is 28.2 Å². The van der Waals surface area contributed by atoms with E-state index in [1.165, 1.54) is 0 Å². The Morgan fingerprint density at radius 3 is 1.79 bits per heavy atom. The fourth-order valence-corrected chi connectivity index (χ4v) is 1.38. The molecule has 1 heterocycles. The minimum atomic E-state index is -10.1. The van der Waals surface area contributed by atoms with E-state index in [2.05, 4.69) is 0 Å². The molecule has 0 atom stereocenters. The molecular weight excluding hydrogens is 239 g/mol. The zero-order valence-electron chi connectivity index (χ0n) is 6.16. The highest BCUT2D eigenvalue weighted by Gasteiger charge is 2.67. The normalized spacial score (nSPS) is 17.4. The van der Waals surface area contributed by atoms with Gasteiger partial charge in [0.05, 0.1) is 0 Å². The van der Waals surface area contributed by atoms with Crippen LogP contribution in [-0.2, 0) is 0 Å². The Kier molecular flexibility index (Phi) is 1.70. The van der Waals surface area contributed by atoms with E-state index in [4.69, 9.17) is 0 Å². The average molecular weight is 241 g/mol. The third kappa shape index (κ3) is 2.28. The Hall–Kier alpha value is -0.990. The molecule has 0 N–H and O–H groups in total. The second-order valence-electron chi connectivity index (χ2n) is 2.39. The van der Waals surface area contributed by atoms with Crippen molar-refractivity contribution >= 4 is 10.2 Å². The number of aromatic nitrogens is 1. The van der Waals surface area contributed by atoms with Crippen LogP contribution in [0.3, 0.4) is 0 Å². The Morgan fingerprint density at radius 1 is 0.929 bits per heavy atom. The maximum Gasteiger partial charge on any atom is 0.314 e. The molecular formula is C5H2F7NS. The van der Waals surface area contributed by atoms with E-state index in [1.54, 1.807) is 0 Å². The Morgan fingerprint density at radius 2 is 1.43 bits per heavy atom. The molecule has 14 heavy (non-hydrogen) atoms. The van der Waals surface area contributed by atoms with E-state index in [9.17, 15) is 28.2 Å². The Balaban J connectivity index is 3.51. The van der Waals surface area contributed by atoms with E-state index in [1.807, 2.05) is 4.98 Å². The minimum Gasteiger partial charge on any atom is -0.189 e. The second kappa shape index (κ2) is 2.15. The maximum absolute atomic E-state index is 12.3. The molecule has 0 aromatic carbocycles. The van der Waals surface area contributed by atoms with Crippen molar-refractivity contribution < 1.29 is 28.2 Å². The molecule has 1 aromatic heterocycles. The van der Waals surface area contributed by atoms with E-state index in [0.717, 1.165) is 0 Å². The molecule has 0 unspecified atom stereocenters. The quantitative estimate of drug-likeness (QED) is 0.534. The van der Waals surface area contributed by atoms with Gasteiger partial charge < -0.3 is 0 Å². The topological polar surface area (TPSA) is 12.9 Å². The first-order chi connectivity index (χ1) is 5.90. The molecule has 0 spiro atoms. The van der Waals surface area contributed by atoms with Gasteiger partial charge in [-0.1, -0.05) is 19.4 Å². The molecule has 9 heteroatoms. The summed E-state index contributed by atoms with van der Waals surface area (Å²) in [6.07, 6.45) is 0. The summed E-state index contributed by atoms with van der Waals surface area (Å²) >= 11 is 0. The highest BCUT2D eigenvalue weighted by Crippen LogP contribution is 3.02. The van der Waals surface area contributed by atoms with Crippen molar-refractivity contribution in [2.45, 2.75) is 4.90 Å². The number of rotatable bonds is 1. The maximum atomic E-state index is 12.3. The first kappa shape index (κ1) is 11.1. The lowest BCUT2D eigenvalue weighted by molar-refractivity contribution is 0.350. The van der Waals surface area contributed by atoms with E-state index in [-0.39, 0.29) is 12.1 Å². The molecule has 0 saturated heterocycles. The van der Waals surface area contributed by atoms with Gasteiger partial charge in [-0.3, -0.25) is 0 Å². The van der Waals surface area contributed by atoms with Gasteiger partial charge >= 0.3 is 10.2 Å². The summed E-state index contributed by atoms with van der Waals surface area (Å²) in [4.78, 5) is -0.787. The predicted octanol–water partition coefficient (Wildman–Crippen LogP) is 4.02. The number of pyridine rings is 1. The van der Waals surface area contributed by atoms with Gasteiger partial charge in [-0.05, 0) is 12.1 Å². The lowest BCUT2D eigenvalue weighted by Crippen LogP contribution is -2.10. The van der Waals surface area contributed by atoms with Crippen LogP contribution in [0.1, 0.15) is 0 Å². The summed E-state index contributed by atoms with van der Waals surface area (Å²) < 4.78 is 84.0. The average Bonchev–Trinajstić information content (AvgIpc) is 1.79. The van der Waals surface area contributed by atoms with E-state index in [0.29, 0.717) is 0 Å². The zero-order chi connectivity index (χ0) is 11.3. The first-order valence-corrected chi connectivity index (χ1v) is 4.91. The third-order valence-corrected chi connectivity index (χ3v) is 2.33. The summed E-state index contributed by atoms with van der Waals surface area (Å²) in [5.41, 5.74) is 0. The molecule has 0 saturated carbocycles. The van der Waals surface area contributed by atoms with Gasteiger partial charge in [0.25, 0.3) is 0 Å². The fraction of sp³-hybridized carbons (Fsp3) is 0. The Labute approximate surface area is 73.3 Å². The van der Waals surface area contributed by atoms with Crippen molar-refractivity contribution in [1.29, 1.82) is 0 Å². The summed E-state index contributed by atoms with van der Waals surface area (Å²) in [5, 5.41) is 0. The van der Waals surface area contributed by atoms with Crippen LogP contribution in [0.25, 0.3) is 0 Å². The second-order valence-corrected chi connectivity index (χ2v) is 4.77. The van der Waals surface area contributed by atoms with Gasteiger partial charge in [0, 0.05) is 0 Å². The molecule has 1 rings (SSSR count). The summed E-state index contributed by atoms with van der Waals surface area (Å²) in [6, 6.07) is -0.366. The molecule has 0 amide bonds. The summed E-state index contributed by atoms with van der Waals surface area (Å²) in [7, 11) is -10.1. The molecule has 0 fully saturated rings. The highest BCUT2D eigenvalue weighted by molar-refractivity contribution is 8.45. The van der Waals surface area contributed by atoms with Crippen LogP contribution in [-0.4, -0.2) is 4.98 Å². The van der Waals surface area contributed by atoms with E-state index >= 15 is 0 Å². The molecule has 82 valence electrons. The monoisotopic (exact) mass is 241 g/mol. The minimum absolute atomic E-state index is 0.0102. The van der Waals surface area contributed by atoms with Gasteiger partial charge in [0.2, 0.25) is 11.9 Å². The smallest absolute Gasteiger partial charge is 0.189 e. The van der Waals surface area contributed by atoms with Gasteiger partial charge in [0.1, 0.15) is 0 Å². The van der Waals surface area contributed by atoms with Crippen molar-refractivity contribution in [3.05, 3.63) is 24.0 Å². The van der Waals surface area contributed by atoms with Crippen molar-refractivity contribution in [2.75, 3.05) is 0 Å². The predicted molar refractivity (Wildman–Crippen MR) is 35.6 cm³/mol. The molecule has 1 nitrogen and oxygen atoms in total. The number of hydrogen-bond acceptors (Lipinski definition) is 1. The van der Waals surface area contributed by atoms with E-state index < -0.39 is 27.0 Å². The van der Waals surface area contributed by atoms with Crippen molar-refractivity contribution in [3.8, 4) is 0 Å². The van der Waals surface area contributed by atoms with Crippen LogP contribution in [0.15, 0.2) is 17.0 Å². The van der Waals surface area contributed by atoms with Crippen LogP contribution in [0, 0.1) is 11.9 Å². The zero-order valence-corrected chi connectivity index (χ0v) is 6.97. The van der Waals surface area contributed by atoms with Crippen molar-refractivity contribution in [3.63, 3.8) is 0 Å². The van der Waals surface area contributed by atoms with Gasteiger partial charge in [-0.25, -0.2) is 0 Å². The molecule has 0 aliphatic heterocycles. The molecule has 0 bridgehead atoms. The van der Waals surface area contributed by atoms with Gasteiger partial charge in [-0.15, -0.1) is 0 Å². The molecule has 0 aliphatic rings.